The number of rotatable bonds is 5. The molecule has 0 saturated carbocycles. The van der Waals surface area contributed by atoms with Gasteiger partial charge >= 0.3 is 0 Å². The molecular formula is C22H31IN4OS. The van der Waals surface area contributed by atoms with Gasteiger partial charge in [0.1, 0.15) is 5.75 Å². The van der Waals surface area contributed by atoms with Crippen molar-refractivity contribution in [3.63, 3.8) is 0 Å². The zero-order chi connectivity index (χ0) is 19.3. The first-order chi connectivity index (χ1) is 13.7. The van der Waals surface area contributed by atoms with Crippen molar-refractivity contribution in [2.24, 2.45) is 16.6 Å². The first-order valence-corrected chi connectivity index (χ1v) is 11.1. The molecule has 7 heteroatoms. The smallest absolute Gasteiger partial charge is 0.189 e. The van der Waals surface area contributed by atoms with Crippen molar-refractivity contribution in [1.29, 1.82) is 0 Å². The van der Waals surface area contributed by atoms with Gasteiger partial charge in [0.15, 0.2) is 5.96 Å². The van der Waals surface area contributed by atoms with E-state index in [1.54, 1.807) is 0 Å². The molecule has 158 valence electrons. The van der Waals surface area contributed by atoms with Crippen LogP contribution >= 0.6 is 35.3 Å². The Balaban J connectivity index is 0.00000240. The van der Waals surface area contributed by atoms with Crippen LogP contribution in [0.4, 0.5) is 0 Å². The number of thiophene rings is 1. The predicted molar refractivity (Wildman–Crippen MR) is 131 cm³/mol. The van der Waals surface area contributed by atoms with Crippen molar-refractivity contribution in [2.75, 3.05) is 26.2 Å². The molecule has 2 aromatic rings. The summed E-state index contributed by atoms with van der Waals surface area (Å²) < 4.78 is 5.74. The van der Waals surface area contributed by atoms with Crippen LogP contribution in [0.1, 0.15) is 48.7 Å². The van der Waals surface area contributed by atoms with E-state index in [2.05, 4.69) is 40.7 Å². The molecule has 2 atom stereocenters. The number of fused-ring (bicyclic) bond motifs is 1. The number of ether oxygens (including phenoxy) is 1. The molecular weight excluding hydrogens is 495 g/mol. The minimum atomic E-state index is 0. The van der Waals surface area contributed by atoms with Crippen molar-refractivity contribution in [1.82, 2.24) is 10.2 Å². The second kappa shape index (κ2) is 10.6. The third kappa shape index (κ3) is 5.64. The molecule has 4 rings (SSSR count). The van der Waals surface area contributed by atoms with E-state index in [0.29, 0.717) is 25.2 Å². The first-order valence-electron chi connectivity index (χ1n) is 10.3. The van der Waals surface area contributed by atoms with E-state index in [1.165, 1.54) is 17.7 Å². The lowest BCUT2D eigenvalue weighted by atomic mass is 9.97. The largest absolute Gasteiger partial charge is 0.493 e. The second-order valence-electron chi connectivity index (χ2n) is 7.85. The summed E-state index contributed by atoms with van der Waals surface area (Å²) >= 11 is 1.81. The number of likely N-dealkylation sites (tertiary alicyclic amines) is 1. The highest BCUT2D eigenvalue weighted by Gasteiger charge is 2.26. The van der Waals surface area contributed by atoms with Crippen LogP contribution in [0.2, 0.25) is 0 Å². The number of halogens is 1. The van der Waals surface area contributed by atoms with Gasteiger partial charge in [0.25, 0.3) is 0 Å². The van der Waals surface area contributed by atoms with E-state index in [4.69, 9.17) is 15.5 Å². The van der Waals surface area contributed by atoms with E-state index >= 15 is 0 Å². The van der Waals surface area contributed by atoms with Gasteiger partial charge in [-0.2, -0.15) is 0 Å². The molecule has 0 spiro atoms. The molecule has 2 aliphatic rings. The van der Waals surface area contributed by atoms with Gasteiger partial charge in [-0.05, 0) is 49.4 Å². The number of nitrogens with zero attached hydrogens (tertiary/aromatic N) is 2. The van der Waals surface area contributed by atoms with E-state index < -0.39 is 0 Å². The first kappa shape index (κ1) is 22.4. The highest BCUT2D eigenvalue weighted by atomic mass is 127. The van der Waals surface area contributed by atoms with Gasteiger partial charge < -0.3 is 15.8 Å². The van der Waals surface area contributed by atoms with E-state index in [0.717, 1.165) is 36.7 Å². The van der Waals surface area contributed by atoms with Crippen molar-refractivity contribution >= 4 is 41.3 Å². The van der Waals surface area contributed by atoms with Gasteiger partial charge in [0, 0.05) is 16.9 Å². The van der Waals surface area contributed by atoms with Crippen LogP contribution in [-0.2, 0) is 0 Å². The molecule has 3 N–H and O–H groups in total. The maximum atomic E-state index is 6.30. The number of aliphatic imine (C=N–C) groups is 1. The molecule has 0 aliphatic carbocycles. The normalized spacial score (nSPS) is 21.6. The highest BCUT2D eigenvalue weighted by Crippen LogP contribution is 2.32. The Kier molecular flexibility index (Phi) is 8.20. The molecule has 0 amide bonds. The van der Waals surface area contributed by atoms with E-state index in [9.17, 15) is 0 Å². The topological polar surface area (TPSA) is 62.9 Å². The van der Waals surface area contributed by atoms with Crippen molar-refractivity contribution in [2.45, 2.75) is 38.3 Å². The molecule has 5 nitrogen and oxygen atoms in total. The average Bonchev–Trinajstić information content (AvgIpc) is 3.24. The number of nitrogens with two attached hydrogens (primary N) is 1. The fourth-order valence-corrected chi connectivity index (χ4v) is 4.96. The highest BCUT2D eigenvalue weighted by molar-refractivity contribution is 14.0. The molecule has 0 radical (unpaired) electrons. The molecule has 2 aliphatic heterocycles. The number of hydrogen-bond acceptors (Lipinski definition) is 4. The Morgan fingerprint density at radius 3 is 2.79 bits per heavy atom. The minimum absolute atomic E-state index is 0. The Labute approximate surface area is 194 Å². The Morgan fingerprint density at radius 2 is 2.03 bits per heavy atom. The van der Waals surface area contributed by atoms with E-state index in [-0.39, 0.29) is 30.0 Å². The Morgan fingerprint density at radius 1 is 1.24 bits per heavy atom. The number of nitrogens with one attached hydrogen (secondary N) is 1. The van der Waals surface area contributed by atoms with Gasteiger partial charge in [0.2, 0.25) is 0 Å². The third-order valence-electron chi connectivity index (χ3n) is 5.85. The van der Waals surface area contributed by atoms with Crippen molar-refractivity contribution in [3.8, 4) is 5.75 Å². The maximum Gasteiger partial charge on any atom is 0.189 e. The molecule has 1 fully saturated rings. The zero-order valence-electron chi connectivity index (χ0n) is 16.9. The van der Waals surface area contributed by atoms with Gasteiger partial charge in [-0.15, -0.1) is 35.3 Å². The predicted octanol–water partition coefficient (Wildman–Crippen LogP) is 4.57. The lowest BCUT2D eigenvalue weighted by Gasteiger charge is -2.35. The summed E-state index contributed by atoms with van der Waals surface area (Å²) in [5, 5.41) is 5.57. The maximum absolute atomic E-state index is 6.30. The number of benzene rings is 1. The summed E-state index contributed by atoms with van der Waals surface area (Å²) in [6.07, 6.45) is 3.42. The van der Waals surface area contributed by atoms with Gasteiger partial charge in [0.05, 0.1) is 25.2 Å². The summed E-state index contributed by atoms with van der Waals surface area (Å²) in [5.41, 5.74) is 7.46. The quantitative estimate of drug-likeness (QED) is 0.341. The Hall–Kier alpha value is -1.32. The summed E-state index contributed by atoms with van der Waals surface area (Å²) in [6.45, 7) is 6.02. The van der Waals surface area contributed by atoms with Crippen LogP contribution in [0.15, 0.2) is 46.8 Å². The fourth-order valence-electron chi connectivity index (χ4n) is 4.11. The van der Waals surface area contributed by atoms with Gasteiger partial charge in [-0.1, -0.05) is 31.2 Å². The summed E-state index contributed by atoms with van der Waals surface area (Å²) in [7, 11) is 0. The molecule has 1 aromatic heterocycles. The lowest BCUT2D eigenvalue weighted by molar-refractivity contribution is 0.143. The molecule has 1 aromatic carbocycles. The number of piperidine rings is 1. The van der Waals surface area contributed by atoms with Gasteiger partial charge in [-0.25, -0.2) is 0 Å². The van der Waals surface area contributed by atoms with Crippen molar-refractivity contribution < 1.29 is 4.74 Å². The van der Waals surface area contributed by atoms with Crippen molar-refractivity contribution in [3.05, 3.63) is 52.2 Å². The zero-order valence-corrected chi connectivity index (χ0v) is 20.1. The summed E-state index contributed by atoms with van der Waals surface area (Å²) in [6, 6.07) is 13.0. The number of guanidine groups is 1. The van der Waals surface area contributed by atoms with Crippen LogP contribution in [0, 0.1) is 5.92 Å². The standard InChI is InChI=1S/C22H30N4OS.HI/c1-16-8-11-26(12-9-16)19(21-7-4-14-28-21)15-24-22(23)25-18-10-13-27-20-6-3-2-5-17(18)20;/h2-7,14,16,18-19H,8-13,15H2,1H3,(H3,23,24,25);1H. The minimum Gasteiger partial charge on any atom is -0.493 e. The van der Waals surface area contributed by atoms with Crippen LogP contribution in [0.25, 0.3) is 0 Å². The summed E-state index contributed by atoms with van der Waals surface area (Å²) in [5.74, 6) is 2.29. The lowest BCUT2D eigenvalue weighted by Crippen LogP contribution is -2.40. The molecule has 29 heavy (non-hydrogen) atoms. The Bertz CT molecular complexity index is 790. The number of hydrogen-bond donors (Lipinski definition) is 2. The molecule has 2 unspecified atom stereocenters. The van der Waals surface area contributed by atoms with Crippen LogP contribution < -0.4 is 15.8 Å². The summed E-state index contributed by atoms with van der Waals surface area (Å²) in [4.78, 5) is 8.70. The third-order valence-corrected chi connectivity index (χ3v) is 6.82. The SMILES string of the molecule is CC1CCN(C(CN=C(N)NC2CCOc3ccccc32)c2cccs2)CC1.I. The van der Waals surface area contributed by atoms with Crippen LogP contribution in [-0.4, -0.2) is 37.1 Å². The van der Waals surface area contributed by atoms with Crippen LogP contribution in [0.5, 0.6) is 5.75 Å². The second-order valence-corrected chi connectivity index (χ2v) is 8.83. The molecule has 1 saturated heterocycles. The van der Waals surface area contributed by atoms with Gasteiger partial charge in [-0.3, -0.25) is 9.89 Å². The fraction of sp³-hybridized carbons (Fsp3) is 0.500. The monoisotopic (exact) mass is 526 g/mol. The van der Waals surface area contributed by atoms with E-state index in [1.807, 2.05) is 29.5 Å². The van der Waals surface area contributed by atoms with Crippen LogP contribution in [0.3, 0.4) is 0 Å². The molecule has 0 bridgehead atoms. The number of para-hydroxylation sites is 1. The molecule has 3 heterocycles. The average molecular weight is 526 g/mol.